The third kappa shape index (κ3) is 4.51. The van der Waals surface area contributed by atoms with Gasteiger partial charge in [0, 0.05) is 26.1 Å². The van der Waals surface area contributed by atoms with E-state index in [2.05, 4.69) is 42.4 Å². The van der Waals surface area contributed by atoms with E-state index in [1.807, 2.05) is 0 Å². The van der Waals surface area contributed by atoms with Crippen LogP contribution in [0.1, 0.15) is 24.5 Å². The zero-order chi connectivity index (χ0) is 13.5. The summed E-state index contributed by atoms with van der Waals surface area (Å²) < 4.78 is 5.54. The van der Waals surface area contributed by atoms with E-state index in [1.165, 1.54) is 17.5 Å². The lowest BCUT2D eigenvalue weighted by Gasteiger charge is -2.17. The summed E-state index contributed by atoms with van der Waals surface area (Å²) in [6, 6.07) is 6.64. The Morgan fingerprint density at radius 1 is 1.26 bits per heavy atom. The van der Waals surface area contributed by atoms with E-state index in [0.717, 1.165) is 51.4 Å². The first kappa shape index (κ1) is 14.4. The van der Waals surface area contributed by atoms with Crippen LogP contribution in [0.3, 0.4) is 0 Å². The number of hydrogen-bond donors (Lipinski definition) is 1. The molecular weight excluding hydrogens is 236 g/mol. The molecule has 0 bridgehead atoms. The van der Waals surface area contributed by atoms with Gasteiger partial charge in [-0.05, 0) is 43.6 Å². The van der Waals surface area contributed by atoms with Gasteiger partial charge in [-0.15, -0.1) is 0 Å². The summed E-state index contributed by atoms with van der Waals surface area (Å²) in [6.45, 7) is 7.50. The molecule has 3 nitrogen and oxygen atoms in total. The molecule has 1 aromatic rings. The third-order valence-corrected chi connectivity index (χ3v) is 3.63. The van der Waals surface area contributed by atoms with Gasteiger partial charge in [-0.25, -0.2) is 0 Å². The second kappa shape index (κ2) is 7.51. The van der Waals surface area contributed by atoms with E-state index in [-0.39, 0.29) is 0 Å². The fourth-order valence-corrected chi connectivity index (χ4v) is 2.40. The van der Waals surface area contributed by atoms with Gasteiger partial charge in [-0.1, -0.05) is 19.1 Å². The maximum Gasteiger partial charge on any atom is 0.122 e. The van der Waals surface area contributed by atoms with E-state index in [0.29, 0.717) is 0 Å². The van der Waals surface area contributed by atoms with Gasteiger partial charge >= 0.3 is 0 Å². The third-order valence-electron chi connectivity index (χ3n) is 3.63. The van der Waals surface area contributed by atoms with Crippen LogP contribution in [0.25, 0.3) is 0 Å². The zero-order valence-corrected chi connectivity index (χ0v) is 12.2. The minimum absolute atomic E-state index is 0.849. The van der Waals surface area contributed by atoms with Crippen molar-refractivity contribution in [2.24, 2.45) is 0 Å². The van der Waals surface area contributed by atoms with Gasteiger partial charge in [0.25, 0.3) is 0 Å². The lowest BCUT2D eigenvalue weighted by molar-refractivity contribution is 0.335. The van der Waals surface area contributed by atoms with Crippen LogP contribution in [0.5, 0.6) is 5.75 Å². The molecule has 1 N–H and O–H groups in total. The Hall–Kier alpha value is -1.06. The summed E-state index contributed by atoms with van der Waals surface area (Å²) in [5, 5.41) is 3.44. The van der Waals surface area contributed by atoms with E-state index in [1.54, 1.807) is 0 Å². The minimum atomic E-state index is 0.849. The quantitative estimate of drug-likeness (QED) is 0.726. The maximum atomic E-state index is 5.54. The Morgan fingerprint density at radius 3 is 3.00 bits per heavy atom. The van der Waals surface area contributed by atoms with Gasteiger partial charge in [0.15, 0.2) is 0 Å². The lowest BCUT2D eigenvalue weighted by atomic mass is 10.1. The predicted molar refractivity (Wildman–Crippen MR) is 80.0 cm³/mol. The highest BCUT2D eigenvalue weighted by atomic mass is 16.5. The SMILES string of the molecule is CCCNCCN(C)CCc1ccc2c(c1)CCO2. The van der Waals surface area contributed by atoms with Crippen molar-refractivity contribution in [1.82, 2.24) is 10.2 Å². The average molecular weight is 262 g/mol. The molecule has 0 unspecified atom stereocenters. The number of rotatable bonds is 8. The second-order valence-electron chi connectivity index (χ2n) is 5.34. The largest absolute Gasteiger partial charge is 0.493 e. The number of likely N-dealkylation sites (N-methyl/N-ethyl adjacent to an activating group) is 1. The molecule has 3 heteroatoms. The van der Waals surface area contributed by atoms with Gasteiger partial charge in [-0.2, -0.15) is 0 Å². The van der Waals surface area contributed by atoms with E-state index in [4.69, 9.17) is 4.74 Å². The van der Waals surface area contributed by atoms with Crippen LogP contribution in [-0.4, -0.2) is 44.7 Å². The molecule has 0 radical (unpaired) electrons. The lowest BCUT2D eigenvalue weighted by Crippen LogP contribution is -2.31. The number of nitrogens with zero attached hydrogens (tertiary/aromatic N) is 1. The number of ether oxygens (including phenoxy) is 1. The zero-order valence-electron chi connectivity index (χ0n) is 12.2. The van der Waals surface area contributed by atoms with Crippen molar-refractivity contribution in [3.05, 3.63) is 29.3 Å². The molecule has 1 aliphatic rings. The van der Waals surface area contributed by atoms with Gasteiger partial charge < -0.3 is 15.0 Å². The molecule has 19 heavy (non-hydrogen) atoms. The monoisotopic (exact) mass is 262 g/mol. The first-order valence-electron chi connectivity index (χ1n) is 7.43. The Balaban J connectivity index is 1.70. The molecule has 0 saturated carbocycles. The summed E-state index contributed by atoms with van der Waals surface area (Å²) in [5.74, 6) is 1.08. The van der Waals surface area contributed by atoms with Crippen LogP contribution in [0.2, 0.25) is 0 Å². The highest BCUT2D eigenvalue weighted by molar-refractivity contribution is 5.39. The Morgan fingerprint density at radius 2 is 2.16 bits per heavy atom. The van der Waals surface area contributed by atoms with Crippen molar-refractivity contribution < 1.29 is 4.74 Å². The molecule has 0 aliphatic carbocycles. The standard InChI is InChI=1S/C16H26N2O/c1-3-8-17-9-11-18(2)10-6-14-4-5-16-15(13-14)7-12-19-16/h4-5,13,17H,3,6-12H2,1-2H3. The minimum Gasteiger partial charge on any atom is -0.493 e. The van der Waals surface area contributed by atoms with Gasteiger partial charge in [0.1, 0.15) is 5.75 Å². The number of benzene rings is 1. The topological polar surface area (TPSA) is 24.5 Å². The van der Waals surface area contributed by atoms with Gasteiger partial charge in [0.2, 0.25) is 0 Å². The first-order valence-corrected chi connectivity index (χ1v) is 7.43. The molecule has 106 valence electrons. The molecule has 0 atom stereocenters. The molecule has 1 aliphatic heterocycles. The fourth-order valence-electron chi connectivity index (χ4n) is 2.40. The Bertz CT molecular complexity index is 392. The van der Waals surface area contributed by atoms with Crippen molar-refractivity contribution in [1.29, 1.82) is 0 Å². The van der Waals surface area contributed by atoms with Crippen molar-refractivity contribution in [2.45, 2.75) is 26.2 Å². The van der Waals surface area contributed by atoms with E-state index in [9.17, 15) is 0 Å². The van der Waals surface area contributed by atoms with Crippen molar-refractivity contribution >= 4 is 0 Å². The van der Waals surface area contributed by atoms with Crippen LogP contribution in [-0.2, 0) is 12.8 Å². The molecule has 1 aromatic carbocycles. The van der Waals surface area contributed by atoms with Crippen molar-refractivity contribution in [3.63, 3.8) is 0 Å². The molecule has 0 saturated heterocycles. The predicted octanol–water partition coefficient (Wildman–Crippen LogP) is 2.10. The summed E-state index contributed by atoms with van der Waals surface area (Å²) in [4.78, 5) is 2.40. The second-order valence-corrected chi connectivity index (χ2v) is 5.34. The summed E-state index contributed by atoms with van der Waals surface area (Å²) in [5.41, 5.74) is 2.81. The fraction of sp³-hybridized carbons (Fsp3) is 0.625. The summed E-state index contributed by atoms with van der Waals surface area (Å²) in [7, 11) is 2.20. The summed E-state index contributed by atoms with van der Waals surface area (Å²) in [6.07, 6.45) is 3.40. The highest BCUT2D eigenvalue weighted by Crippen LogP contribution is 2.25. The number of hydrogen-bond acceptors (Lipinski definition) is 3. The number of nitrogens with one attached hydrogen (secondary N) is 1. The first-order chi connectivity index (χ1) is 9.29. The highest BCUT2D eigenvalue weighted by Gasteiger charge is 2.11. The van der Waals surface area contributed by atoms with Crippen LogP contribution < -0.4 is 10.1 Å². The smallest absolute Gasteiger partial charge is 0.122 e. The van der Waals surface area contributed by atoms with E-state index < -0.39 is 0 Å². The molecule has 0 amide bonds. The van der Waals surface area contributed by atoms with Gasteiger partial charge in [0.05, 0.1) is 6.61 Å². The molecule has 0 spiro atoms. The molecule has 2 rings (SSSR count). The normalized spacial score (nSPS) is 13.6. The molecule has 0 fully saturated rings. The molecular formula is C16H26N2O. The Labute approximate surface area is 116 Å². The molecule has 0 aromatic heterocycles. The summed E-state index contributed by atoms with van der Waals surface area (Å²) >= 11 is 0. The maximum absolute atomic E-state index is 5.54. The molecule has 1 heterocycles. The van der Waals surface area contributed by atoms with E-state index >= 15 is 0 Å². The van der Waals surface area contributed by atoms with Crippen LogP contribution in [0.4, 0.5) is 0 Å². The number of fused-ring (bicyclic) bond motifs is 1. The Kier molecular flexibility index (Phi) is 5.67. The van der Waals surface area contributed by atoms with Crippen molar-refractivity contribution in [3.8, 4) is 5.75 Å². The van der Waals surface area contributed by atoms with Crippen LogP contribution in [0, 0.1) is 0 Å². The van der Waals surface area contributed by atoms with Crippen molar-refractivity contribution in [2.75, 3.05) is 39.8 Å². The van der Waals surface area contributed by atoms with Gasteiger partial charge in [-0.3, -0.25) is 0 Å². The average Bonchev–Trinajstić information content (AvgIpc) is 2.89. The van der Waals surface area contributed by atoms with Crippen LogP contribution >= 0.6 is 0 Å². The van der Waals surface area contributed by atoms with Crippen LogP contribution in [0.15, 0.2) is 18.2 Å².